The second kappa shape index (κ2) is 9.14. The molecule has 0 radical (unpaired) electrons. The second-order valence-corrected chi connectivity index (χ2v) is 9.49. The van der Waals surface area contributed by atoms with Gasteiger partial charge in [-0.15, -0.1) is 0 Å². The van der Waals surface area contributed by atoms with Gasteiger partial charge in [0.15, 0.2) is 5.78 Å². The van der Waals surface area contributed by atoms with E-state index >= 15 is 0 Å². The molecular formula is C26H25BrN4O2. The van der Waals surface area contributed by atoms with Gasteiger partial charge >= 0.3 is 0 Å². The number of ether oxygens (including phenoxy) is 1. The number of benzene rings is 2. The lowest BCUT2D eigenvalue weighted by atomic mass is 9.72. The molecule has 2 heterocycles. The summed E-state index contributed by atoms with van der Waals surface area (Å²) in [6.45, 7) is 2.47. The van der Waals surface area contributed by atoms with Gasteiger partial charge in [0.2, 0.25) is 0 Å². The van der Waals surface area contributed by atoms with Crippen LogP contribution in [0.15, 0.2) is 81.7 Å². The molecule has 168 valence electrons. The van der Waals surface area contributed by atoms with Crippen LogP contribution in [0.4, 0.5) is 0 Å². The van der Waals surface area contributed by atoms with Crippen molar-refractivity contribution in [1.82, 2.24) is 10.0 Å². The predicted molar refractivity (Wildman–Crippen MR) is 128 cm³/mol. The van der Waals surface area contributed by atoms with Crippen molar-refractivity contribution in [3.63, 3.8) is 0 Å². The molecule has 33 heavy (non-hydrogen) atoms. The highest BCUT2D eigenvalue weighted by atomic mass is 79.9. The highest BCUT2D eigenvalue weighted by molar-refractivity contribution is 9.10. The minimum atomic E-state index is -0.469. The first kappa shape index (κ1) is 21.9. The van der Waals surface area contributed by atoms with Gasteiger partial charge in [-0.05, 0) is 35.6 Å². The molecule has 2 aliphatic heterocycles. The monoisotopic (exact) mass is 504 g/mol. The molecular weight excluding hydrogens is 480 g/mol. The van der Waals surface area contributed by atoms with Crippen LogP contribution in [0.5, 0.6) is 0 Å². The van der Waals surface area contributed by atoms with Crippen molar-refractivity contribution < 1.29 is 9.53 Å². The summed E-state index contributed by atoms with van der Waals surface area (Å²) in [6.07, 6.45) is 1.11. The normalized spacial score (nSPS) is 24.0. The molecule has 1 saturated heterocycles. The van der Waals surface area contributed by atoms with Crippen molar-refractivity contribution >= 4 is 21.7 Å². The summed E-state index contributed by atoms with van der Waals surface area (Å²) in [4.78, 5) is 13.8. The lowest BCUT2D eigenvalue weighted by molar-refractivity contribution is -0.117. The van der Waals surface area contributed by atoms with E-state index in [0.717, 1.165) is 21.3 Å². The van der Waals surface area contributed by atoms with Crippen molar-refractivity contribution in [3.05, 3.63) is 92.9 Å². The van der Waals surface area contributed by atoms with Crippen molar-refractivity contribution in [1.29, 1.82) is 5.26 Å². The Hall–Kier alpha value is -2.92. The standard InChI is InChI=1S/C26H25BrN4O2/c27-20-8-4-7-18(13-20)24-21(16-28)26(29)31(30-9-11-33-12-10-30)22-14-19(15-23(32)25(22)24)17-5-2-1-3-6-17/h1-8,13,19,24H,9-12,14-15,29H2/t19-,24-/m0/s1. The van der Waals surface area contributed by atoms with Gasteiger partial charge < -0.3 is 10.5 Å². The summed E-state index contributed by atoms with van der Waals surface area (Å²) in [5, 5.41) is 14.2. The Morgan fingerprint density at radius 2 is 1.76 bits per heavy atom. The van der Waals surface area contributed by atoms with E-state index in [4.69, 9.17) is 10.5 Å². The average molecular weight is 505 g/mol. The van der Waals surface area contributed by atoms with Crippen molar-refractivity contribution in [2.45, 2.75) is 24.7 Å². The minimum absolute atomic E-state index is 0.0700. The first-order valence-electron chi connectivity index (χ1n) is 11.2. The molecule has 0 saturated carbocycles. The third kappa shape index (κ3) is 3.99. The molecule has 0 spiro atoms. The van der Waals surface area contributed by atoms with Crippen molar-refractivity contribution in [2.24, 2.45) is 5.73 Å². The van der Waals surface area contributed by atoms with Gasteiger partial charge in [0.05, 0.1) is 30.8 Å². The molecule has 0 unspecified atom stereocenters. The smallest absolute Gasteiger partial charge is 0.162 e. The van der Waals surface area contributed by atoms with Crippen LogP contribution in [0.25, 0.3) is 0 Å². The number of carbonyl (C=O) groups excluding carboxylic acids is 1. The van der Waals surface area contributed by atoms with Gasteiger partial charge in [-0.25, -0.2) is 5.01 Å². The molecule has 0 amide bonds. The lowest BCUT2D eigenvalue weighted by Crippen LogP contribution is -2.52. The number of hydrogen-bond donors (Lipinski definition) is 1. The van der Waals surface area contributed by atoms with Gasteiger partial charge in [-0.3, -0.25) is 9.80 Å². The number of allylic oxidation sites excluding steroid dienone is 3. The van der Waals surface area contributed by atoms with Crippen LogP contribution >= 0.6 is 15.9 Å². The van der Waals surface area contributed by atoms with E-state index < -0.39 is 5.92 Å². The number of rotatable bonds is 3. The zero-order chi connectivity index (χ0) is 22.9. The fraction of sp³-hybridized carbons (Fsp3) is 0.308. The maximum atomic E-state index is 13.8. The number of halogens is 1. The van der Waals surface area contributed by atoms with Gasteiger partial charge in [-0.1, -0.05) is 58.4 Å². The highest BCUT2D eigenvalue weighted by Crippen LogP contribution is 2.48. The molecule has 7 heteroatoms. The number of nitriles is 1. The zero-order valence-electron chi connectivity index (χ0n) is 18.2. The van der Waals surface area contributed by atoms with E-state index in [-0.39, 0.29) is 11.7 Å². The summed E-state index contributed by atoms with van der Waals surface area (Å²) in [6, 6.07) is 20.3. The molecule has 2 N–H and O–H groups in total. The molecule has 2 aromatic rings. The Balaban J connectivity index is 1.67. The van der Waals surface area contributed by atoms with Gasteiger partial charge in [0.1, 0.15) is 5.82 Å². The van der Waals surface area contributed by atoms with Crippen LogP contribution in [0.1, 0.15) is 35.8 Å². The average Bonchev–Trinajstić information content (AvgIpc) is 2.84. The molecule has 0 aromatic heterocycles. The number of nitrogens with zero attached hydrogens (tertiary/aromatic N) is 3. The Labute approximate surface area is 202 Å². The van der Waals surface area contributed by atoms with Crippen molar-refractivity contribution in [2.75, 3.05) is 26.3 Å². The number of morpholine rings is 1. The molecule has 5 rings (SSSR count). The molecule has 0 bridgehead atoms. The number of nitrogens with two attached hydrogens (primary N) is 1. The van der Waals surface area contributed by atoms with E-state index in [9.17, 15) is 10.1 Å². The Kier molecular flexibility index (Phi) is 6.07. The van der Waals surface area contributed by atoms with Crippen molar-refractivity contribution in [3.8, 4) is 6.07 Å². The van der Waals surface area contributed by atoms with E-state index in [0.29, 0.717) is 56.1 Å². The van der Waals surface area contributed by atoms with Crippen LogP contribution in [0.3, 0.4) is 0 Å². The number of hydrogen-bond acceptors (Lipinski definition) is 6. The topological polar surface area (TPSA) is 82.6 Å². The number of carbonyl (C=O) groups is 1. The third-order valence-corrected chi connectivity index (χ3v) is 7.16. The van der Waals surface area contributed by atoms with Gasteiger partial charge in [0, 0.05) is 35.3 Å². The first-order valence-corrected chi connectivity index (χ1v) is 12.0. The lowest BCUT2D eigenvalue weighted by Gasteiger charge is -2.47. The van der Waals surface area contributed by atoms with E-state index in [2.05, 4.69) is 39.1 Å². The molecule has 1 fully saturated rings. The molecule has 2 aromatic carbocycles. The minimum Gasteiger partial charge on any atom is -0.383 e. The highest BCUT2D eigenvalue weighted by Gasteiger charge is 2.44. The van der Waals surface area contributed by atoms with Gasteiger partial charge in [0.25, 0.3) is 0 Å². The second-order valence-electron chi connectivity index (χ2n) is 8.58. The summed E-state index contributed by atoms with van der Waals surface area (Å²) in [7, 11) is 0. The van der Waals surface area contributed by atoms with E-state index in [1.807, 2.05) is 47.5 Å². The Bertz CT molecular complexity index is 1180. The summed E-state index contributed by atoms with van der Waals surface area (Å²) in [5.41, 5.74) is 10.8. The first-order chi connectivity index (χ1) is 16.1. The molecule has 1 aliphatic carbocycles. The van der Waals surface area contributed by atoms with Crippen LogP contribution in [0, 0.1) is 11.3 Å². The molecule has 3 aliphatic rings. The third-order valence-electron chi connectivity index (χ3n) is 6.66. The Morgan fingerprint density at radius 1 is 1.03 bits per heavy atom. The van der Waals surface area contributed by atoms with E-state index in [1.165, 1.54) is 0 Å². The number of hydrazine groups is 1. The predicted octanol–water partition coefficient (Wildman–Crippen LogP) is 4.19. The summed E-state index contributed by atoms with van der Waals surface area (Å²) < 4.78 is 6.45. The van der Waals surface area contributed by atoms with Crippen LogP contribution in [-0.4, -0.2) is 42.1 Å². The molecule has 2 atom stereocenters. The van der Waals surface area contributed by atoms with E-state index in [1.54, 1.807) is 0 Å². The zero-order valence-corrected chi connectivity index (χ0v) is 19.8. The fourth-order valence-electron chi connectivity index (χ4n) is 5.17. The maximum Gasteiger partial charge on any atom is 0.162 e. The van der Waals surface area contributed by atoms with Gasteiger partial charge in [-0.2, -0.15) is 5.26 Å². The number of Topliss-reactive ketones (excluding diaryl/α,β-unsaturated/α-hetero) is 1. The fourth-order valence-corrected chi connectivity index (χ4v) is 5.59. The maximum absolute atomic E-state index is 13.8. The Morgan fingerprint density at radius 3 is 2.45 bits per heavy atom. The molecule has 6 nitrogen and oxygen atoms in total. The summed E-state index contributed by atoms with van der Waals surface area (Å²) in [5.74, 6) is 0.0859. The largest absolute Gasteiger partial charge is 0.383 e. The van der Waals surface area contributed by atoms with Crippen LogP contribution in [0.2, 0.25) is 0 Å². The number of ketones is 1. The quantitative estimate of drug-likeness (QED) is 0.674. The van der Waals surface area contributed by atoms with Crippen LogP contribution < -0.4 is 5.73 Å². The summed E-state index contributed by atoms with van der Waals surface area (Å²) >= 11 is 3.54. The van der Waals surface area contributed by atoms with Crippen LogP contribution in [-0.2, 0) is 9.53 Å². The SMILES string of the molecule is N#CC1=C(N)N(N2CCOCC2)C2=C(C(=O)C[C@@H](c3ccccc3)C2)[C@H]1c1cccc(Br)c1.